The molecular formula is C38H36N4O2. The maximum atomic E-state index is 14.0. The molecule has 6 nitrogen and oxygen atoms in total. The molecule has 0 unspecified atom stereocenters. The topological polar surface area (TPSA) is 82.9 Å². The van der Waals surface area contributed by atoms with E-state index in [1.165, 1.54) is 0 Å². The molecule has 0 amide bonds. The predicted molar refractivity (Wildman–Crippen MR) is 182 cm³/mol. The molecule has 0 saturated carbocycles. The second-order valence-corrected chi connectivity index (χ2v) is 11.1. The molecule has 4 aromatic rings. The van der Waals surface area contributed by atoms with Gasteiger partial charge in [-0.05, 0) is 65.8 Å². The van der Waals surface area contributed by atoms with Crippen molar-refractivity contribution in [3.8, 4) is 0 Å². The maximum absolute atomic E-state index is 14.0. The van der Waals surface area contributed by atoms with Crippen LogP contribution >= 0.6 is 0 Å². The van der Waals surface area contributed by atoms with E-state index in [1.54, 1.807) is 0 Å². The lowest BCUT2D eigenvalue weighted by atomic mass is 9.96. The van der Waals surface area contributed by atoms with Crippen LogP contribution in [0.5, 0.6) is 0 Å². The molecule has 220 valence electrons. The Hall–Kier alpha value is -5.36. The quantitative estimate of drug-likeness (QED) is 0.236. The van der Waals surface area contributed by atoms with Gasteiger partial charge in [0, 0.05) is 22.5 Å². The third kappa shape index (κ3) is 6.50. The van der Waals surface area contributed by atoms with Crippen molar-refractivity contribution < 1.29 is 9.59 Å². The molecule has 0 fully saturated rings. The van der Waals surface area contributed by atoms with Crippen molar-refractivity contribution in [1.29, 1.82) is 0 Å². The van der Waals surface area contributed by atoms with E-state index in [9.17, 15) is 9.59 Å². The molecule has 0 saturated heterocycles. The van der Waals surface area contributed by atoms with Crippen LogP contribution in [0.1, 0.15) is 59.5 Å². The number of para-hydroxylation sites is 4. The third-order valence-corrected chi connectivity index (χ3v) is 7.58. The van der Waals surface area contributed by atoms with Crippen LogP contribution in [-0.2, 0) is 0 Å². The summed E-state index contributed by atoms with van der Waals surface area (Å²) in [5, 5.41) is 6.90. The number of allylic oxidation sites excluding steroid dienone is 4. The van der Waals surface area contributed by atoms with Crippen LogP contribution in [0.25, 0.3) is 0 Å². The van der Waals surface area contributed by atoms with Crippen LogP contribution in [0, 0.1) is 13.8 Å². The van der Waals surface area contributed by atoms with Crippen LogP contribution in [0.4, 0.5) is 22.7 Å². The minimum atomic E-state index is -0.131. The number of rotatable bonds is 4. The maximum Gasteiger partial charge on any atom is 0.196 e. The Bertz CT molecular complexity index is 1740. The van der Waals surface area contributed by atoms with Gasteiger partial charge in [-0.2, -0.15) is 0 Å². The summed E-state index contributed by atoms with van der Waals surface area (Å²) in [7, 11) is 0. The van der Waals surface area contributed by atoms with Crippen molar-refractivity contribution in [3.63, 3.8) is 0 Å². The van der Waals surface area contributed by atoms with Crippen molar-refractivity contribution in [1.82, 2.24) is 0 Å². The van der Waals surface area contributed by atoms with E-state index >= 15 is 0 Å². The van der Waals surface area contributed by atoms with Gasteiger partial charge in [0.15, 0.2) is 11.6 Å². The van der Waals surface area contributed by atoms with E-state index in [4.69, 9.17) is 9.98 Å². The largest absolute Gasteiger partial charge is 0.357 e. The van der Waals surface area contributed by atoms with Crippen LogP contribution in [0.2, 0.25) is 0 Å². The highest BCUT2D eigenvalue weighted by Crippen LogP contribution is 2.32. The van der Waals surface area contributed by atoms with Gasteiger partial charge < -0.3 is 10.6 Å². The number of aryl methyl sites for hydroxylation is 2. The fourth-order valence-electron chi connectivity index (χ4n) is 5.27. The SMILES string of the molecule is CC1=Nc2ccccc2N/C(C)=C(/C(=O)c2ccc(C)cc2)C(C)=Nc2ccccc2N/C(C)=C\1C(=O)c1ccc(C)cc1. The zero-order valence-electron chi connectivity index (χ0n) is 25.9. The summed E-state index contributed by atoms with van der Waals surface area (Å²) in [5.41, 5.74) is 9.34. The molecule has 6 heteroatoms. The van der Waals surface area contributed by atoms with Crippen molar-refractivity contribution in [2.75, 3.05) is 10.6 Å². The first kappa shape index (κ1) is 30.1. The molecule has 0 spiro atoms. The van der Waals surface area contributed by atoms with Crippen LogP contribution in [0.3, 0.4) is 0 Å². The van der Waals surface area contributed by atoms with Crippen molar-refractivity contribution >= 4 is 45.7 Å². The summed E-state index contributed by atoms with van der Waals surface area (Å²) < 4.78 is 0. The average molecular weight is 581 g/mol. The number of benzene rings is 4. The first-order chi connectivity index (χ1) is 21.1. The van der Waals surface area contributed by atoms with Gasteiger partial charge >= 0.3 is 0 Å². The second-order valence-electron chi connectivity index (χ2n) is 11.1. The summed E-state index contributed by atoms with van der Waals surface area (Å²) in [6.07, 6.45) is 0. The van der Waals surface area contributed by atoms with Gasteiger partial charge in [0.1, 0.15) is 0 Å². The Morgan fingerprint density at radius 3 is 1.18 bits per heavy atom. The molecule has 0 aliphatic carbocycles. The van der Waals surface area contributed by atoms with Gasteiger partial charge in [0.2, 0.25) is 0 Å². The number of fused-ring (bicyclic) bond motifs is 2. The van der Waals surface area contributed by atoms with E-state index in [-0.39, 0.29) is 11.6 Å². The highest BCUT2D eigenvalue weighted by Gasteiger charge is 2.22. The van der Waals surface area contributed by atoms with Crippen LogP contribution < -0.4 is 10.6 Å². The Morgan fingerprint density at radius 1 is 0.477 bits per heavy atom. The summed E-state index contributed by atoms with van der Waals surface area (Å²) in [6.45, 7) is 11.4. The molecule has 2 N–H and O–H groups in total. The zero-order chi connectivity index (χ0) is 31.4. The van der Waals surface area contributed by atoms with E-state index in [2.05, 4.69) is 10.6 Å². The third-order valence-electron chi connectivity index (χ3n) is 7.58. The van der Waals surface area contributed by atoms with Crippen LogP contribution in [-0.4, -0.2) is 23.0 Å². The molecule has 0 atom stereocenters. The predicted octanol–water partition coefficient (Wildman–Crippen LogP) is 9.34. The van der Waals surface area contributed by atoms with E-state index in [0.29, 0.717) is 67.8 Å². The minimum absolute atomic E-state index is 0.131. The average Bonchev–Trinajstić information content (AvgIpc) is 2.99. The second kappa shape index (κ2) is 12.9. The molecule has 0 bridgehead atoms. The summed E-state index contributed by atoms with van der Waals surface area (Å²) in [6, 6.07) is 30.3. The van der Waals surface area contributed by atoms with Gasteiger partial charge in [-0.1, -0.05) is 83.9 Å². The number of aliphatic imine (C=N–C) groups is 2. The summed E-state index contributed by atoms with van der Waals surface area (Å²) in [5.74, 6) is -0.263. The molecule has 0 aromatic heterocycles. The minimum Gasteiger partial charge on any atom is -0.357 e. The van der Waals surface area contributed by atoms with E-state index < -0.39 is 0 Å². The number of nitrogens with zero attached hydrogens (tertiary/aromatic N) is 2. The van der Waals surface area contributed by atoms with Crippen molar-refractivity contribution in [3.05, 3.63) is 142 Å². The molecule has 1 heterocycles. The van der Waals surface area contributed by atoms with Gasteiger partial charge in [-0.3, -0.25) is 19.6 Å². The molecule has 0 radical (unpaired) electrons. The standard InChI is InChI=1S/C38H36N4O2/c1-23-15-19-29(20-16-23)37(43)35-25(3)39-31-11-7-9-13-33(31)41-27(5)36(38(44)30-21-17-24(2)18-22-30)28(6)42-34-14-10-8-12-32(34)40-26(35)4/h7-22,39,42H,1-6H3/b35-25+,36-28+,40-26?,41-27?. The number of hydrogen-bond acceptors (Lipinski definition) is 6. The fourth-order valence-corrected chi connectivity index (χ4v) is 5.27. The Morgan fingerprint density at radius 2 is 0.818 bits per heavy atom. The van der Waals surface area contributed by atoms with E-state index in [1.807, 2.05) is 139 Å². The normalized spacial score (nSPS) is 17.1. The van der Waals surface area contributed by atoms with E-state index in [0.717, 1.165) is 11.1 Å². The molecule has 1 aliphatic heterocycles. The number of anilines is 2. The van der Waals surface area contributed by atoms with Gasteiger partial charge in [0.25, 0.3) is 0 Å². The van der Waals surface area contributed by atoms with Crippen LogP contribution in [0.15, 0.2) is 130 Å². The highest BCUT2D eigenvalue weighted by atomic mass is 16.1. The van der Waals surface area contributed by atoms with Gasteiger partial charge in [-0.15, -0.1) is 0 Å². The lowest BCUT2D eigenvalue weighted by Crippen LogP contribution is -2.18. The fraction of sp³-hybridized carbons (Fsp3) is 0.158. The van der Waals surface area contributed by atoms with Gasteiger partial charge in [-0.25, -0.2) is 0 Å². The molecule has 5 rings (SSSR count). The lowest BCUT2D eigenvalue weighted by Gasteiger charge is -2.19. The van der Waals surface area contributed by atoms with Crippen molar-refractivity contribution in [2.24, 2.45) is 9.98 Å². The smallest absolute Gasteiger partial charge is 0.196 e. The summed E-state index contributed by atoms with van der Waals surface area (Å²) in [4.78, 5) is 38.0. The summed E-state index contributed by atoms with van der Waals surface area (Å²) >= 11 is 0. The number of carbonyl (C=O) groups excluding carboxylic acids is 2. The number of nitrogens with one attached hydrogen (secondary N) is 2. The molecule has 4 aromatic carbocycles. The van der Waals surface area contributed by atoms with Crippen molar-refractivity contribution in [2.45, 2.75) is 41.5 Å². The highest BCUT2D eigenvalue weighted by molar-refractivity contribution is 6.29. The lowest BCUT2D eigenvalue weighted by molar-refractivity contribution is 0.103. The molecule has 1 aliphatic rings. The number of Topliss-reactive ketones (excluding diaryl/α,β-unsaturated/α-hetero) is 2. The number of hydrogen-bond donors (Lipinski definition) is 2. The number of carbonyl (C=O) groups is 2. The Kier molecular flexibility index (Phi) is 8.81. The molecule has 44 heavy (non-hydrogen) atoms. The Labute approximate surface area is 259 Å². The number of ketones is 2. The first-order valence-electron chi connectivity index (χ1n) is 14.6. The first-order valence-corrected chi connectivity index (χ1v) is 14.6. The van der Waals surface area contributed by atoms with Gasteiger partial charge in [0.05, 0.1) is 45.3 Å². The Balaban J connectivity index is 1.73. The monoisotopic (exact) mass is 580 g/mol. The zero-order valence-corrected chi connectivity index (χ0v) is 25.9. The molecular weight excluding hydrogens is 544 g/mol.